The molecule has 32 heavy (non-hydrogen) atoms. The highest BCUT2D eigenvalue weighted by Gasteiger charge is 2.20. The van der Waals surface area contributed by atoms with Gasteiger partial charge in [-0.25, -0.2) is 14.4 Å². The maximum absolute atomic E-state index is 14.7. The van der Waals surface area contributed by atoms with Crippen molar-refractivity contribution in [1.29, 1.82) is 0 Å². The van der Waals surface area contributed by atoms with Crippen LogP contribution in [0.4, 0.5) is 4.39 Å². The summed E-state index contributed by atoms with van der Waals surface area (Å²) >= 11 is 0. The van der Waals surface area contributed by atoms with Crippen molar-refractivity contribution in [3.8, 4) is 5.69 Å². The first-order valence-electron chi connectivity index (χ1n) is 10.6. The van der Waals surface area contributed by atoms with E-state index in [0.29, 0.717) is 12.2 Å². The molecule has 0 spiro atoms. The number of aromatic nitrogens is 3. The van der Waals surface area contributed by atoms with Gasteiger partial charge in [-0.1, -0.05) is 11.2 Å². The maximum Gasteiger partial charge on any atom is 0.194 e. The summed E-state index contributed by atoms with van der Waals surface area (Å²) in [5, 5.41) is 7.35. The minimum Gasteiger partial charge on any atom is -0.364 e. The van der Waals surface area contributed by atoms with Gasteiger partial charge in [0.05, 0.1) is 17.9 Å². The molecular formula is C22H29FIN7O. The standard InChI is InChI=1S/C22H28FN7O.HI/c1-3-24-22(29-11-9-28(10-12-29)16-19-6-13-31-27-19)26-15-18-4-5-21(20(23)14-18)30-8-7-25-17(30)2;/h4-8,13-14H,3,9-12,15-16H2,1-2H3,(H,24,26);1H. The van der Waals surface area contributed by atoms with Crippen molar-refractivity contribution in [2.45, 2.75) is 26.9 Å². The third-order valence-corrected chi connectivity index (χ3v) is 5.39. The van der Waals surface area contributed by atoms with Crippen molar-refractivity contribution in [2.24, 2.45) is 4.99 Å². The van der Waals surface area contributed by atoms with Gasteiger partial charge in [0, 0.05) is 57.7 Å². The van der Waals surface area contributed by atoms with E-state index in [1.165, 1.54) is 0 Å². The summed E-state index contributed by atoms with van der Waals surface area (Å²) in [6.45, 7) is 9.49. The van der Waals surface area contributed by atoms with Crippen LogP contribution in [0.2, 0.25) is 0 Å². The fourth-order valence-electron chi connectivity index (χ4n) is 3.73. The van der Waals surface area contributed by atoms with Crippen LogP contribution in [0.5, 0.6) is 0 Å². The number of aryl methyl sites for hydroxylation is 1. The number of halogens is 2. The number of piperazine rings is 1. The number of guanidine groups is 1. The molecule has 0 bridgehead atoms. The van der Waals surface area contributed by atoms with Gasteiger partial charge in [0.25, 0.3) is 0 Å². The molecule has 1 fully saturated rings. The Labute approximate surface area is 204 Å². The van der Waals surface area contributed by atoms with Crippen LogP contribution in [-0.2, 0) is 13.1 Å². The highest BCUT2D eigenvalue weighted by Crippen LogP contribution is 2.17. The summed E-state index contributed by atoms with van der Waals surface area (Å²) in [5.74, 6) is 1.33. The van der Waals surface area contributed by atoms with Crippen LogP contribution in [0.25, 0.3) is 5.69 Å². The molecule has 1 saturated heterocycles. The van der Waals surface area contributed by atoms with Gasteiger partial charge in [0.15, 0.2) is 5.96 Å². The lowest BCUT2D eigenvalue weighted by Gasteiger charge is -2.36. The minimum absolute atomic E-state index is 0. The Bertz CT molecular complexity index is 1010. The Morgan fingerprint density at radius 3 is 2.66 bits per heavy atom. The monoisotopic (exact) mass is 553 g/mol. The van der Waals surface area contributed by atoms with Crippen LogP contribution < -0.4 is 5.32 Å². The third-order valence-electron chi connectivity index (χ3n) is 5.39. The number of rotatable bonds is 6. The third kappa shape index (κ3) is 5.85. The molecule has 3 aromatic rings. The first-order chi connectivity index (χ1) is 15.1. The van der Waals surface area contributed by atoms with Crippen LogP contribution in [0, 0.1) is 12.7 Å². The maximum atomic E-state index is 14.7. The summed E-state index contributed by atoms with van der Waals surface area (Å²) in [4.78, 5) is 13.5. The topological polar surface area (TPSA) is 74.7 Å². The van der Waals surface area contributed by atoms with E-state index >= 15 is 0 Å². The lowest BCUT2D eigenvalue weighted by molar-refractivity contribution is 0.169. The highest BCUT2D eigenvalue weighted by molar-refractivity contribution is 14.0. The fraction of sp³-hybridized carbons (Fsp3) is 0.409. The molecule has 1 N–H and O–H groups in total. The lowest BCUT2D eigenvalue weighted by Crippen LogP contribution is -2.52. The number of hydrogen-bond acceptors (Lipinski definition) is 5. The number of nitrogens with zero attached hydrogens (tertiary/aromatic N) is 6. The predicted octanol–water partition coefficient (Wildman–Crippen LogP) is 3.21. The van der Waals surface area contributed by atoms with Crippen molar-refractivity contribution < 1.29 is 8.91 Å². The average molecular weight is 553 g/mol. The van der Waals surface area contributed by atoms with Crippen molar-refractivity contribution >= 4 is 29.9 Å². The number of nitrogens with one attached hydrogen (secondary N) is 1. The van der Waals surface area contributed by atoms with E-state index in [1.807, 2.05) is 19.1 Å². The van der Waals surface area contributed by atoms with Crippen LogP contribution in [0.3, 0.4) is 0 Å². The second kappa shape index (κ2) is 11.4. The quantitative estimate of drug-likeness (QED) is 0.287. The summed E-state index contributed by atoms with van der Waals surface area (Å²) in [5.41, 5.74) is 2.28. The first-order valence-corrected chi connectivity index (χ1v) is 10.6. The van der Waals surface area contributed by atoms with E-state index in [0.717, 1.165) is 62.3 Å². The predicted molar refractivity (Wildman–Crippen MR) is 132 cm³/mol. The van der Waals surface area contributed by atoms with E-state index in [2.05, 4.69) is 32.2 Å². The smallest absolute Gasteiger partial charge is 0.194 e. The molecular weight excluding hydrogens is 524 g/mol. The Morgan fingerprint density at radius 2 is 2.03 bits per heavy atom. The Balaban J connectivity index is 0.00000289. The normalized spacial score (nSPS) is 15.0. The number of benzene rings is 1. The number of hydrogen-bond donors (Lipinski definition) is 1. The van der Waals surface area contributed by atoms with Crippen LogP contribution in [0.15, 0.2) is 52.4 Å². The van der Waals surface area contributed by atoms with E-state index in [4.69, 9.17) is 9.52 Å². The average Bonchev–Trinajstić information content (AvgIpc) is 3.44. The van der Waals surface area contributed by atoms with E-state index in [1.54, 1.807) is 35.4 Å². The van der Waals surface area contributed by atoms with E-state index < -0.39 is 0 Å². The molecule has 4 rings (SSSR count). The van der Waals surface area contributed by atoms with Crippen molar-refractivity contribution in [2.75, 3.05) is 32.7 Å². The van der Waals surface area contributed by atoms with Gasteiger partial charge in [0.1, 0.15) is 17.9 Å². The minimum atomic E-state index is -0.278. The van der Waals surface area contributed by atoms with Crippen molar-refractivity contribution in [3.63, 3.8) is 0 Å². The molecule has 172 valence electrons. The summed E-state index contributed by atoms with van der Waals surface area (Å²) < 4.78 is 21.3. The molecule has 1 aromatic carbocycles. The molecule has 3 heterocycles. The Kier molecular flexibility index (Phi) is 8.62. The Hall–Kier alpha value is -2.47. The second-order valence-corrected chi connectivity index (χ2v) is 7.55. The largest absolute Gasteiger partial charge is 0.364 e. The zero-order valence-electron chi connectivity index (χ0n) is 18.4. The summed E-state index contributed by atoms with van der Waals surface area (Å²) in [6, 6.07) is 7.15. The van der Waals surface area contributed by atoms with Gasteiger partial charge in [-0.05, 0) is 31.5 Å². The first kappa shape index (κ1) is 24.2. The molecule has 10 heteroatoms. The van der Waals surface area contributed by atoms with E-state index in [9.17, 15) is 4.39 Å². The lowest BCUT2D eigenvalue weighted by atomic mass is 10.2. The molecule has 0 atom stereocenters. The van der Waals surface area contributed by atoms with Crippen molar-refractivity contribution in [3.05, 3.63) is 65.8 Å². The summed E-state index contributed by atoms with van der Waals surface area (Å²) in [7, 11) is 0. The van der Waals surface area contributed by atoms with Gasteiger partial charge < -0.3 is 19.3 Å². The van der Waals surface area contributed by atoms with Crippen molar-refractivity contribution in [1.82, 2.24) is 29.8 Å². The molecule has 0 saturated carbocycles. The summed E-state index contributed by atoms with van der Waals surface area (Å²) in [6.07, 6.45) is 5.03. The van der Waals surface area contributed by atoms with Gasteiger partial charge in [-0.3, -0.25) is 4.90 Å². The Morgan fingerprint density at radius 1 is 1.22 bits per heavy atom. The highest BCUT2D eigenvalue weighted by atomic mass is 127. The molecule has 0 unspecified atom stereocenters. The van der Waals surface area contributed by atoms with Crippen LogP contribution >= 0.6 is 24.0 Å². The van der Waals surface area contributed by atoms with Gasteiger partial charge in [-0.15, -0.1) is 24.0 Å². The second-order valence-electron chi connectivity index (χ2n) is 7.55. The van der Waals surface area contributed by atoms with Gasteiger partial charge in [0.2, 0.25) is 0 Å². The van der Waals surface area contributed by atoms with Crippen LogP contribution in [0.1, 0.15) is 24.0 Å². The molecule has 1 aliphatic rings. The molecule has 2 aromatic heterocycles. The molecule has 1 aliphatic heterocycles. The van der Waals surface area contributed by atoms with E-state index in [-0.39, 0.29) is 29.8 Å². The number of imidazole rings is 1. The molecule has 0 aliphatic carbocycles. The zero-order valence-corrected chi connectivity index (χ0v) is 20.7. The van der Waals surface area contributed by atoms with Gasteiger partial charge in [-0.2, -0.15) is 0 Å². The molecule has 8 nitrogen and oxygen atoms in total. The molecule has 0 radical (unpaired) electrons. The number of aliphatic imine (C=N–C) groups is 1. The zero-order chi connectivity index (χ0) is 21.6. The molecule has 0 amide bonds. The van der Waals surface area contributed by atoms with Crippen LogP contribution in [-0.4, -0.2) is 63.2 Å². The SMILES string of the molecule is CCNC(=NCc1ccc(-n2ccnc2C)c(F)c1)N1CCN(Cc2ccon2)CC1.I. The fourth-order valence-corrected chi connectivity index (χ4v) is 3.73. The van der Waals surface area contributed by atoms with Gasteiger partial charge >= 0.3 is 0 Å².